The molecule has 2 saturated heterocycles. The van der Waals surface area contributed by atoms with Crippen LogP contribution in [0, 0.1) is 0 Å². The number of rotatable bonds is 4. The summed E-state index contributed by atoms with van der Waals surface area (Å²) in [5.41, 5.74) is -1.58. The normalized spacial score (nSPS) is 27.4. The summed E-state index contributed by atoms with van der Waals surface area (Å²) in [6.45, 7) is 5.05. The van der Waals surface area contributed by atoms with Crippen LogP contribution in [0.5, 0.6) is 0 Å². The summed E-state index contributed by atoms with van der Waals surface area (Å²) >= 11 is 1.27. The summed E-state index contributed by atoms with van der Waals surface area (Å²) in [4.78, 5) is 38.3. The Balaban J connectivity index is 1.57. The average Bonchev–Trinajstić information content (AvgIpc) is 2.59. The molecule has 0 radical (unpaired) electrons. The molecule has 2 heterocycles. The number of ether oxygens (including phenoxy) is 1. The van der Waals surface area contributed by atoms with Gasteiger partial charge in [0.25, 0.3) is 0 Å². The Labute approximate surface area is 162 Å². The van der Waals surface area contributed by atoms with Gasteiger partial charge in [0.15, 0.2) is 5.60 Å². The van der Waals surface area contributed by atoms with Gasteiger partial charge < -0.3 is 20.1 Å². The van der Waals surface area contributed by atoms with E-state index >= 15 is 0 Å². The minimum atomic E-state index is -1.73. The van der Waals surface area contributed by atoms with Crippen LogP contribution in [0.25, 0.3) is 0 Å². The second-order valence-corrected chi connectivity index (χ2v) is 9.01. The Hall–Kier alpha value is -2.06. The van der Waals surface area contributed by atoms with Crippen molar-refractivity contribution >= 4 is 29.5 Å². The summed E-state index contributed by atoms with van der Waals surface area (Å²) < 4.78 is 5.27. The monoisotopic (exact) mass is 392 g/mol. The van der Waals surface area contributed by atoms with Gasteiger partial charge in [-0.3, -0.25) is 9.59 Å². The van der Waals surface area contributed by atoms with Crippen molar-refractivity contribution in [1.82, 2.24) is 10.2 Å². The zero-order chi connectivity index (χ0) is 19.8. The lowest BCUT2D eigenvalue weighted by atomic mass is 9.99. The van der Waals surface area contributed by atoms with Crippen molar-refractivity contribution < 1.29 is 24.2 Å². The third-order valence-corrected chi connectivity index (χ3v) is 5.88. The van der Waals surface area contributed by atoms with Gasteiger partial charge in [-0.1, -0.05) is 30.3 Å². The lowest BCUT2D eigenvalue weighted by Crippen LogP contribution is -2.75. The average molecular weight is 392 g/mol. The van der Waals surface area contributed by atoms with Gasteiger partial charge in [-0.05, 0) is 26.3 Å². The molecule has 8 heteroatoms. The van der Waals surface area contributed by atoms with E-state index in [1.807, 2.05) is 30.3 Å². The molecule has 1 aromatic rings. The fraction of sp³-hybridized carbons (Fsp3) is 0.526. The molecule has 0 spiro atoms. The predicted octanol–water partition coefficient (Wildman–Crippen LogP) is 0.702. The molecule has 0 aromatic heterocycles. The summed E-state index contributed by atoms with van der Waals surface area (Å²) in [6.07, 6.45) is 0.198. The fourth-order valence-corrected chi connectivity index (χ4v) is 4.45. The molecular weight excluding hydrogens is 368 g/mol. The Morgan fingerprint density at radius 1 is 1.33 bits per heavy atom. The van der Waals surface area contributed by atoms with E-state index < -0.39 is 23.2 Å². The van der Waals surface area contributed by atoms with Crippen LogP contribution in [0.3, 0.4) is 0 Å². The number of amides is 2. The van der Waals surface area contributed by atoms with Crippen molar-refractivity contribution in [3.05, 3.63) is 35.9 Å². The van der Waals surface area contributed by atoms with Crippen molar-refractivity contribution in [3.63, 3.8) is 0 Å². The highest BCUT2D eigenvalue weighted by molar-refractivity contribution is 8.00. The number of carbonyl (C=O) groups excluding carboxylic acids is 3. The number of β-lactam (4-membered cyclic amide) rings is 1. The fourth-order valence-electron chi connectivity index (χ4n) is 3.06. The molecule has 2 aliphatic rings. The molecule has 3 atom stereocenters. The van der Waals surface area contributed by atoms with Crippen LogP contribution in [0.4, 0.5) is 0 Å². The van der Waals surface area contributed by atoms with Crippen LogP contribution in [0.1, 0.15) is 26.3 Å². The minimum Gasteiger partial charge on any atom is -0.458 e. The van der Waals surface area contributed by atoms with Crippen molar-refractivity contribution in [2.24, 2.45) is 0 Å². The van der Waals surface area contributed by atoms with Gasteiger partial charge in [0.05, 0.1) is 13.0 Å². The van der Waals surface area contributed by atoms with Crippen molar-refractivity contribution in [2.45, 2.75) is 49.8 Å². The molecule has 2 N–H and O–H groups in total. The number of benzene rings is 1. The van der Waals surface area contributed by atoms with E-state index in [0.717, 1.165) is 5.56 Å². The maximum Gasteiger partial charge on any atom is 0.341 e. The molecular formula is C19H24N2O5S. The van der Waals surface area contributed by atoms with E-state index in [1.54, 1.807) is 20.8 Å². The smallest absolute Gasteiger partial charge is 0.341 e. The van der Waals surface area contributed by atoms with Crippen molar-refractivity contribution in [3.8, 4) is 0 Å². The predicted molar refractivity (Wildman–Crippen MR) is 101 cm³/mol. The summed E-state index contributed by atoms with van der Waals surface area (Å²) in [5.74, 6) is -1.14. The standard InChI is InChI=1S/C19H24N2O5S/c1-18(2,3)26-17(24)19(25)10-21-15(23)14(16(21)27-11-19)20-13(22)9-12-7-5-4-6-8-12/h4-8,14,16,25H,9-11H2,1-3H3,(H,20,22)/t14?,16-,19?/m1/s1. The summed E-state index contributed by atoms with van der Waals surface area (Å²) in [7, 11) is 0. The number of aliphatic hydroxyl groups is 1. The number of nitrogens with one attached hydrogen (secondary N) is 1. The third-order valence-electron chi connectivity index (χ3n) is 4.37. The first-order valence-electron chi connectivity index (χ1n) is 8.80. The van der Waals surface area contributed by atoms with Gasteiger partial charge in [-0.2, -0.15) is 0 Å². The highest BCUT2D eigenvalue weighted by Crippen LogP contribution is 2.39. The number of nitrogens with zero attached hydrogens (tertiary/aromatic N) is 1. The number of esters is 1. The van der Waals surface area contributed by atoms with Crippen LogP contribution in [0.15, 0.2) is 30.3 Å². The maximum absolute atomic E-state index is 12.4. The second kappa shape index (κ2) is 7.16. The van der Waals surface area contributed by atoms with E-state index in [-0.39, 0.29) is 35.9 Å². The lowest BCUT2D eigenvalue weighted by molar-refractivity contribution is -0.181. The molecule has 2 fully saturated rings. The Bertz CT molecular complexity index is 748. The Morgan fingerprint density at radius 3 is 2.63 bits per heavy atom. The highest BCUT2D eigenvalue weighted by Gasteiger charge is 2.57. The number of hydrogen-bond acceptors (Lipinski definition) is 6. The zero-order valence-electron chi connectivity index (χ0n) is 15.6. The van der Waals surface area contributed by atoms with Gasteiger partial charge in [0, 0.05) is 5.75 Å². The van der Waals surface area contributed by atoms with E-state index in [4.69, 9.17) is 4.74 Å². The molecule has 2 unspecified atom stereocenters. The molecule has 2 aliphatic heterocycles. The lowest BCUT2D eigenvalue weighted by Gasteiger charge is -2.52. The topological polar surface area (TPSA) is 95.9 Å². The van der Waals surface area contributed by atoms with Crippen LogP contribution in [-0.4, -0.2) is 62.7 Å². The zero-order valence-corrected chi connectivity index (χ0v) is 16.4. The number of carbonyl (C=O) groups is 3. The first-order valence-corrected chi connectivity index (χ1v) is 9.85. The number of thioether (sulfide) groups is 1. The largest absolute Gasteiger partial charge is 0.458 e. The van der Waals surface area contributed by atoms with Gasteiger partial charge >= 0.3 is 5.97 Å². The quantitative estimate of drug-likeness (QED) is 0.579. The van der Waals surface area contributed by atoms with Crippen LogP contribution >= 0.6 is 11.8 Å². The molecule has 1 aromatic carbocycles. The van der Waals surface area contributed by atoms with Gasteiger partial charge in [-0.25, -0.2) is 4.79 Å². The third kappa shape index (κ3) is 4.27. The van der Waals surface area contributed by atoms with Gasteiger partial charge in [-0.15, -0.1) is 11.8 Å². The number of fused-ring (bicyclic) bond motifs is 1. The SMILES string of the molecule is CC(C)(C)OC(=O)C1(O)CS[C@@H]2C(NC(=O)Cc3ccccc3)C(=O)N2C1. The Kier molecular flexibility index (Phi) is 5.22. The Morgan fingerprint density at radius 2 is 2.00 bits per heavy atom. The maximum atomic E-state index is 12.4. The molecule has 3 rings (SSSR count). The van der Waals surface area contributed by atoms with Crippen molar-refractivity contribution in [2.75, 3.05) is 12.3 Å². The van der Waals surface area contributed by atoms with E-state index in [2.05, 4.69) is 5.32 Å². The molecule has 27 heavy (non-hydrogen) atoms. The first-order chi connectivity index (χ1) is 12.6. The second-order valence-electron chi connectivity index (χ2n) is 7.91. The summed E-state index contributed by atoms with van der Waals surface area (Å²) in [5, 5.41) is 13.1. The van der Waals surface area contributed by atoms with Crippen LogP contribution in [0.2, 0.25) is 0 Å². The highest BCUT2D eigenvalue weighted by atomic mass is 32.2. The van der Waals surface area contributed by atoms with Crippen LogP contribution < -0.4 is 5.32 Å². The van der Waals surface area contributed by atoms with Crippen LogP contribution in [-0.2, 0) is 25.5 Å². The number of hydrogen-bond donors (Lipinski definition) is 2. The molecule has 7 nitrogen and oxygen atoms in total. The van der Waals surface area contributed by atoms with E-state index in [9.17, 15) is 19.5 Å². The molecule has 0 aliphatic carbocycles. The van der Waals surface area contributed by atoms with Gasteiger partial charge in [0.1, 0.15) is 17.0 Å². The van der Waals surface area contributed by atoms with E-state index in [1.165, 1.54) is 16.7 Å². The molecule has 0 saturated carbocycles. The summed E-state index contributed by atoms with van der Waals surface area (Å²) in [6, 6.07) is 8.66. The van der Waals surface area contributed by atoms with Crippen molar-refractivity contribution in [1.29, 1.82) is 0 Å². The molecule has 0 bridgehead atoms. The molecule has 2 amide bonds. The minimum absolute atomic E-state index is 0.113. The first kappa shape index (κ1) is 19.7. The van der Waals surface area contributed by atoms with Gasteiger partial charge in [0.2, 0.25) is 11.8 Å². The van der Waals surface area contributed by atoms with E-state index in [0.29, 0.717) is 0 Å². The molecule has 146 valence electrons.